The van der Waals surface area contributed by atoms with Crippen molar-refractivity contribution in [2.45, 2.75) is 6.92 Å². The average molecular weight is 486 g/mol. The molecule has 0 unspecified atom stereocenters. The Hall–Kier alpha value is -4.05. The van der Waals surface area contributed by atoms with Gasteiger partial charge in [-0.2, -0.15) is 0 Å². The molecule has 34 heavy (non-hydrogen) atoms. The number of amides is 1. The topological polar surface area (TPSA) is 113 Å². The van der Waals surface area contributed by atoms with Crippen molar-refractivity contribution in [3.05, 3.63) is 59.2 Å². The van der Waals surface area contributed by atoms with Gasteiger partial charge >= 0.3 is 11.9 Å². The number of nitrogens with one attached hydrogen (secondary N) is 1. The van der Waals surface area contributed by atoms with Crippen LogP contribution >= 0.6 is 11.3 Å². The maximum absolute atomic E-state index is 12.6. The summed E-state index contributed by atoms with van der Waals surface area (Å²) in [7, 11) is 2.75. The highest BCUT2D eigenvalue weighted by atomic mass is 32.1. The number of furan rings is 1. The molecular weight excluding hydrogens is 462 g/mol. The second kappa shape index (κ2) is 11.7. The molecule has 2 aromatic heterocycles. The molecule has 0 aliphatic carbocycles. The minimum Gasteiger partial charge on any atom is -0.493 e. The number of methoxy groups -OCH3 is 2. The zero-order chi connectivity index (χ0) is 24.5. The second-order valence-electron chi connectivity index (χ2n) is 6.65. The van der Waals surface area contributed by atoms with Crippen molar-refractivity contribution in [1.29, 1.82) is 0 Å². The summed E-state index contributed by atoms with van der Waals surface area (Å²) in [4.78, 5) is 36.4. The van der Waals surface area contributed by atoms with E-state index in [4.69, 9.17) is 18.6 Å². The van der Waals surface area contributed by atoms with Crippen LogP contribution in [0.4, 0.5) is 5.00 Å². The highest BCUT2D eigenvalue weighted by Crippen LogP contribution is 2.36. The molecule has 9 nitrogen and oxygen atoms in total. The van der Waals surface area contributed by atoms with Crippen LogP contribution in [0.25, 0.3) is 17.4 Å². The van der Waals surface area contributed by atoms with Gasteiger partial charge in [0.25, 0.3) is 5.91 Å². The fourth-order valence-electron chi connectivity index (χ4n) is 2.91. The summed E-state index contributed by atoms with van der Waals surface area (Å²) >= 11 is 1.18. The SMILES string of the molecule is CCOC(=O)c1c(-c2ccco2)csc1NC(=O)COc1ccc(/C=C/C(=O)OC)cc1OC. The summed E-state index contributed by atoms with van der Waals surface area (Å²) in [6, 6.07) is 8.39. The number of hydrogen-bond acceptors (Lipinski definition) is 9. The minimum absolute atomic E-state index is 0.188. The Bertz CT molecular complexity index is 1180. The van der Waals surface area contributed by atoms with E-state index >= 15 is 0 Å². The lowest BCUT2D eigenvalue weighted by Gasteiger charge is -2.12. The van der Waals surface area contributed by atoms with Crippen LogP contribution in [0, 0.1) is 0 Å². The average Bonchev–Trinajstić information content (AvgIpc) is 3.51. The van der Waals surface area contributed by atoms with Crippen molar-refractivity contribution >= 4 is 40.3 Å². The Morgan fingerprint density at radius 3 is 2.65 bits per heavy atom. The van der Waals surface area contributed by atoms with Crippen molar-refractivity contribution < 1.29 is 37.7 Å². The van der Waals surface area contributed by atoms with Crippen LogP contribution in [0.15, 0.2) is 52.5 Å². The molecule has 0 radical (unpaired) electrons. The van der Waals surface area contributed by atoms with Gasteiger partial charge < -0.3 is 28.7 Å². The minimum atomic E-state index is -0.566. The fourth-order valence-corrected chi connectivity index (χ4v) is 3.87. The van der Waals surface area contributed by atoms with Gasteiger partial charge in [0, 0.05) is 17.0 Å². The largest absolute Gasteiger partial charge is 0.493 e. The summed E-state index contributed by atoms with van der Waals surface area (Å²) in [6.45, 7) is 1.56. The molecule has 10 heteroatoms. The third-order valence-corrected chi connectivity index (χ3v) is 5.37. The lowest BCUT2D eigenvalue weighted by molar-refractivity contribution is -0.134. The molecule has 1 amide bonds. The number of esters is 2. The van der Waals surface area contributed by atoms with Crippen molar-refractivity contribution in [2.75, 3.05) is 32.8 Å². The summed E-state index contributed by atoms with van der Waals surface area (Å²) in [6.07, 6.45) is 4.34. The van der Waals surface area contributed by atoms with E-state index in [2.05, 4.69) is 10.1 Å². The van der Waals surface area contributed by atoms with E-state index in [0.717, 1.165) is 0 Å². The number of benzene rings is 1. The van der Waals surface area contributed by atoms with Crippen molar-refractivity contribution in [3.8, 4) is 22.8 Å². The molecule has 0 saturated carbocycles. The van der Waals surface area contributed by atoms with E-state index in [1.54, 1.807) is 48.7 Å². The molecule has 1 N–H and O–H groups in total. The van der Waals surface area contributed by atoms with E-state index in [9.17, 15) is 14.4 Å². The first-order valence-electron chi connectivity index (χ1n) is 10.2. The highest BCUT2D eigenvalue weighted by Gasteiger charge is 2.24. The first-order chi connectivity index (χ1) is 16.5. The molecule has 0 saturated heterocycles. The molecule has 0 atom stereocenters. The second-order valence-corrected chi connectivity index (χ2v) is 7.53. The number of hydrogen-bond donors (Lipinski definition) is 1. The smallest absolute Gasteiger partial charge is 0.341 e. The zero-order valence-corrected chi connectivity index (χ0v) is 19.6. The number of ether oxygens (including phenoxy) is 4. The molecule has 2 heterocycles. The molecule has 0 aliphatic rings. The number of carbonyl (C=O) groups is 3. The van der Waals surface area contributed by atoms with E-state index < -0.39 is 17.8 Å². The van der Waals surface area contributed by atoms with Crippen molar-refractivity contribution in [3.63, 3.8) is 0 Å². The number of carbonyl (C=O) groups excluding carboxylic acids is 3. The summed E-state index contributed by atoms with van der Waals surface area (Å²) in [5.74, 6) is -0.327. The third kappa shape index (κ3) is 6.04. The highest BCUT2D eigenvalue weighted by molar-refractivity contribution is 7.15. The summed E-state index contributed by atoms with van der Waals surface area (Å²) in [5, 5.41) is 4.74. The van der Waals surface area contributed by atoms with Crippen molar-refractivity contribution in [2.24, 2.45) is 0 Å². The van der Waals surface area contributed by atoms with Gasteiger partial charge in [-0.15, -0.1) is 11.3 Å². The Morgan fingerprint density at radius 2 is 1.97 bits per heavy atom. The van der Waals surface area contributed by atoms with E-state index in [1.165, 1.54) is 37.9 Å². The standard InChI is InChI=1S/C24H23NO8S/c1-4-31-24(28)22-16(17-6-5-11-32-17)14-34-23(22)25-20(26)13-33-18-9-7-15(12-19(18)29-2)8-10-21(27)30-3/h5-12,14H,4,13H2,1-3H3,(H,25,26)/b10-8+. The number of rotatable bonds is 10. The molecule has 3 rings (SSSR count). The maximum atomic E-state index is 12.6. The molecular formula is C24H23NO8S. The summed E-state index contributed by atoms with van der Waals surface area (Å²) < 4.78 is 26.0. The van der Waals surface area contributed by atoms with Crippen LogP contribution in [-0.2, 0) is 19.1 Å². The lowest BCUT2D eigenvalue weighted by Crippen LogP contribution is -2.21. The Morgan fingerprint density at radius 1 is 1.15 bits per heavy atom. The first kappa shape index (κ1) is 24.6. The van der Waals surface area contributed by atoms with Crippen molar-refractivity contribution in [1.82, 2.24) is 0 Å². The van der Waals surface area contributed by atoms with Crippen LogP contribution in [0.3, 0.4) is 0 Å². The number of anilines is 1. The van der Waals surface area contributed by atoms with Gasteiger partial charge in [-0.25, -0.2) is 9.59 Å². The zero-order valence-electron chi connectivity index (χ0n) is 18.8. The van der Waals surface area contributed by atoms with E-state index in [1.807, 2.05) is 0 Å². The Kier molecular flexibility index (Phi) is 8.47. The van der Waals surface area contributed by atoms with Gasteiger partial charge in [-0.1, -0.05) is 6.07 Å². The molecule has 0 bridgehead atoms. The van der Waals surface area contributed by atoms with Crippen LogP contribution in [0.5, 0.6) is 11.5 Å². The van der Waals surface area contributed by atoms with Gasteiger partial charge in [0.05, 0.1) is 27.1 Å². The fraction of sp³-hybridized carbons (Fsp3) is 0.208. The van der Waals surface area contributed by atoms with Crippen LogP contribution < -0.4 is 14.8 Å². The molecule has 0 spiro atoms. The van der Waals surface area contributed by atoms with E-state index in [-0.39, 0.29) is 18.8 Å². The lowest BCUT2D eigenvalue weighted by atomic mass is 10.1. The van der Waals surface area contributed by atoms with Crippen LogP contribution in [0.1, 0.15) is 22.8 Å². The molecule has 0 aliphatic heterocycles. The third-order valence-electron chi connectivity index (χ3n) is 4.47. The van der Waals surface area contributed by atoms with Crippen LogP contribution in [0.2, 0.25) is 0 Å². The van der Waals surface area contributed by atoms with Gasteiger partial charge in [-0.3, -0.25) is 4.79 Å². The van der Waals surface area contributed by atoms with Gasteiger partial charge in [-0.05, 0) is 42.8 Å². The monoisotopic (exact) mass is 485 g/mol. The van der Waals surface area contributed by atoms with Gasteiger partial charge in [0.2, 0.25) is 0 Å². The summed E-state index contributed by atoms with van der Waals surface area (Å²) in [5.41, 5.74) is 1.43. The van der Waals surface area contributed by atoms with Gasteiger partial charge in [0.1, 0.15) is 16.3 Å². The molecule has 3 aromatic rings. The Labute approximate surface area is 199 Å². The normalized spacial score (nSPS) is 10.7. The Balaban J connectivity index is 1.71. The van der Waals surface area contributed by atoms with E-state index in [0.29, 0.717) is 33.4 Å². The molecule has 178 valence electrons. The molecule has 1 aromatic carbocycles. The quantitative estimate of drug-likeness (QED) is 0.332. The van der Waals surface area contributed by atoms with Crippen LogP contribution in [-0.4, -0.2) is 45.3 Å². The first-order valence-corrected chi connectivity index (χ1v) is 11.0. The number of thiophene rings is 1. The maximum Gasteiger partial charge on any atom is 0.341 e. The predicted octanol–water partition coefficient (Wildman–Crippen LogP) is 4.40. The van der Waals surface area contributed by atoms with Gasteiger partial charge in [0.15, 0.2) is 18.1 Å². The predicted molar refractivity (Wildman–Crippen MR) is 126 cm³/mol. The molecule has 0 fully saturated rings.